The van der Waals surface area contributed by atoms with Gasteiger partial charge in [-0.15, -0.1) is 0 Å². The Balaban J connectivity index is 2.63. The molecule has 0 amide bonds. The van der Waals surface area contributed by atoms with Gasteiger partial charge in [0.2, 0.25) is 0 Å². The maximum absolute atomic E-state index is 12.2. The molecular weight excluding hydrogens is 302 g/mol. The highest BCUT2D eigenvalue weighted by molar-refractivity contribution is 7.91. The minimum Gasteiger partial charge on any atom is -0.321 e. The molecule has 0 saturated heterocycles. The molecule has 6 nitrogen and oxygen atoms in total. The molecule has 118 valence electrons. The highest BCUT2D eigenvalue weighted by atomic mass is 32.2. The van der Waals surface area contributed by atoms with Crippen LogP contribution in [-0.4, -0.2) is 52.2 Å². The number of carbonyl (C=O) groups is 1. The molecule has 0 aromatic rings. The van der Waals surface area contributed by atoms with Gasteiger partial charge >= 0.3 is 0 Å². The molecule has 20 heavy (non-hydrogen) atoms. The van der Waals surface area contributed by atoms with E-state index in [1.54, 1.807) is 0 Å². The molecule has 1 saturated carbocycles. The van der Waals surface area contributed by atoms with Crippen LogP contribution in [-0.2, 0) is 24.5 Å². The Bertz CT molecular complexity index is 552. The van der Waals surface area contributed by atoms with Gasteiger partial charge in [-0.1, -0.05) is 6.42 Å². The van der Waals surface area contributed by atoms with Gasteiger partial charge < -0.3 is 5.73 Å². The molecule has 0 aliphatic heterocycles. The molecule has 0 spiro atoms. The predicted octanol–water partition coefficient (Wildman–Crippen LogP) is -0.0791. The monoisotopic (exact) mass is 325 g/mol. The van der Waals surface area contributed by atoms with Gasteiger partial charge in [-0.2, -0.15) is 0 Å². The Morgan fingerprint density at radius 1 is 1.20 bits per heavy atom. The third kappa shape index (κ3) is 5.49. The third-order valence-corrected chi connectivity index (χ3v) is 6.42. The maximum atomic E-state index is 12.2. The van der Waals surface area contributed by atoms with E-state index in [0.717, 1.165) is 6.26 Å². The van der Waals surface area contributed by atoms with E-state index in [2.05, 4.69) is 0 Å². The van der Waals surface area contributed by atoms with Crippen LogP contribution in [0.3, 0.4) is 0 Å². The molecule has 3 unspecified atom stereocenters. The summed E-state index contributed by atoms with van der Waals surface area (Å²) in [6.07, 6.45) is 4.60. The van der Waals surface area contributed by atoms with E-state index in [0.29, 0.717) is 25.7 Å². The number of nitrogens with two attached hydrogens (primary N) is 1. The lowest BCUT2D eigenvalue weighted by molar-refractivity contribution is -0.125. The van der Waals surface area contributed by atoms with Crippen molar-refractivity contribution in [2.24, 2.45) is 11.7 Å². The van der Waals surface area contributed by atoms with Crippen LogP contribution in [0.1, 0.15) is 32.1 Å². The summed E-state index contributed by atoms with van der Waals surface area (Å²) in [5, 5.41) is -0.479. The average molecular weight is 325 g/mol. The standard InChI is InChI=1S/C12H23NO5S2/c1-19(15,16)7-6-11(13)12(14)9-4-3-5-10(8-9)20(2,17)18/h9-11H,3-8,13H2,1-2H3. The van der Waals surface area contributed by atoms with Crippen LogP contribution in [0.4, 0.5) is 0 Å². The number of carbonyl (C=O) groups excluding carboxylic acids is 1. The molecule has 1 fully saturated rings. The van der Waals surface area contributed by atoms with Crippen molar-refractivity contribution in [1.82, 2.24) is 0 Å². The molecule has 1 rings (SSSR count). The van der Waals surface area contributed by atoms with Gasteiger partial charge in [0.25, 0.3) is 0 Å². The van der Waals surface area contributed by atoms with E-state index in [-0.39, 0.29) is 23.9 Å². The van der Waals surface area contributed by atoms with Gasteiger partial charge in [0, 0.05) is 18.4 Å². The van der Waals surface area contributed by atoms with E-state index >= 15 is 0 Å². The normalized spacial score (nSPS) is 26.1. The van der Waals surface area contributed by atoms with Crippen molar-refractivity contribution in [2.45, 2.75) is 43.4 Å². The third-order valence-electron chi connectivity index (χ3n) is 3.80. The number of ketones is 1. The smallest absolute Gasteiger partial charge is 0.152 e. The fourth-order valence-electron chi connectivity index (χ4n) is 2.58. The number of hydrogen-bond acceptors (Lipinski definition) is 6. The summed E-state index contributed by atoms with van der Waals surface area (Å²) in [6, 6.07) is -0.826. The second-order valence-corrected chi connectivity index (χ2v) is 10.3. The van der Waals surface area contributed by atoms with Crippen molar-refractivity contribution in [3.05, 3.63) is 0 Å². The first-order chi connectivity index (χ1) is 9.00. The lowest BCUT2D eigenvalue weighted by Gasteiger charge is -2.28. The molecule has 0 bridgehead atoms. The van der Waals surface area contributed by atoms with Crippen LogP contribution in [0.5, 0.6) is 0 Å². The number of rotatable bonds is 6. The molecule has 0 aromatic heterocycles. The average Bonchev–Trinajstić information content (AvgIpc) is 2.33. The minimum atomic E-state index is -3.15. The van der Waals surface area contributed by atoms with Crippen molar-refractivity contribution >= 4 is 25.5 Å². The second kappa shape index (κ2) is 6.53. The van der Waals surface area contributed by atoms with Crippen molar-refractivity contribution in [1.29, 1.82) is 0 Å². The van der Waals surface area contributed by atoms with Gasteiger partial charge in [0.1, 0.15) is 19.7 Å². The molecule has 0 heterocycles. The zero-order valence-electron chi connectivity index (χ0n) is 11.9. The van der Waals surface area contributed by atoms with Gasteiger partial charge in [-0.25, -0.2) is 16.8 Å². The summed E-state index contributed by atoms with van der Waals surface area (Å²) in [5.74, 6) is -0.692. The van der Waals surface area contributed by atoms with E-state index in [1.807, 2.05) is 0 Å². The summed E-state index contributed by atoms with van der Waals surface area (Å²) in [7, 11) is -6.29. The van der Waals surface area contributed by atoms with E-state index < -0.39 is 31.0 Å². The van der Waals surface area contributed by atoms with Crippen LogP contribution < -0.4 is 5.73 Å². The predicted molar refractivity (Wildman–Crippen MR) is 77.9 cm³/mol. The largest absolute Gasteiger partial charge is 0.321 e. The highest BCUT2D eigenvalue weighted by Crippen LogP contribution is 2.29. The molecule has 0 radical (unpaired) electrons. The fraction of sp³-hybridized carbons (Fsp3) is 0.917. The van der Waals surface area contributed by atoms with Crippen molar-refractivity contribution in [3.8, 4) is 0 Å². The van der Waals surface area contributed by atoms with Gasteiger partial charge in [0.05, 0.1) is 17.0 Å². The molecular formula is C12H23NO5S2. The van der Waals surface area contributed by atoms with Crippen molar-refractivity contribution in [3.63, 3.8) is 0 Å². The Morgan fingerprint density at radius 3 is 2.30 bits per heavy atom. The second-order valence-electron chi connectivity index (χ2n) is 5.74. The Labute approximate surface area is 120 Å². The first kappa shape index (κ1) is 17.6. The Kier molecular flexibility index (Phi) is 5.74. The molecule has 1 aliphatic carbocycles. The summed E-state index contributed by atoms with van der Waals surface area (Å²) in [5.41, 5.74) is 5.75. The van der Waals surface area contributed by atoms with E-state index in [4.69, 9.17) is 5.73 Å². The molecule has 8 heteroatoms. The van der Waals surface area contributed by atoms with Crippen molar-refractivity contribution < 1.29 is 21.6 Å². The highest BCUT2D eigenvalue weighted by Gasteiger charge is 2.34. The topological polar surface area (TPSA) is 111 Å². The maximum Gasteiger partial charge on any atom is 0.152 e. The summed E-state index contributed by atoms with van der Waals surface area (Å²) in [4.78, 5) is 12.2. The van der Waals surface area contributed by atoms with Crippen LogP contribution in [0.2, 0.25) is 0 Å². The Hall–Kier alpha value is -0.470. The Morgan fingerprint density at radius 2 is 1.80 bits per heavy atom. The van der Waals surface area contributed by atoms with Crippen LogP contribution >= 0.6 is 0 Å². The van der Waals surface area contributed by atoms with Crippen LogP contribution in [0, 0.1) is 5.92 Å². The fourth-order valence-corrected chi connectivity index (χ4v) is 4.44. The number of sulfone groups is 2. The SMILES string of the molecule is CS(=O)(=O)CCC(N)C(=O)C1CCCC(S(C)(=O)=O)C1. The summed E-state index contributed by atoms with van der Waals surface area (Å²) < 4.78 is 45.3. The zero-order chi connectivity index (χ0) is 15.6. The van der Waals surface area contributed by atoms with E-state index in [9.17, 15) is 21.6 Å². The zero-order valence-corrected chi connectivity index (χ0v) is 13.5. The molecule has 3 atom stereocenters. The first-order valence-electron chi connectivity index (χ1n) is 6.66. The summed E-state index contributed by atoms with van der Waals surface area (Å²) in [6.45, 7) is 0. The molecule has 0 aromatic carbocycles. The molecule has 1 aliphatic rings. The first-order valence-corrected chi connectivity index (χ1v) is 10.7. The van der Waals surface area contributed by atoms with E-state index in [1.165, 1.54) is 6.26 Å². The lowest BCUT2D eigenvalue weighted by Crippen LogP contribution is -2.40. The summed E-state index contributed by atoms with van der Waals surface area (Å²) >= 11 is 0. The van der Waals surface area contributed by atoms with Gasteiger partial charge in [-0.05, 0) is 25.7 Å². The van der Waals surface area contributed by atoms with Crippen LogP contribution in [0.15, 0.2) is 0 Å². The van der Waals surface area contributed by atoms with Gasteiger partial charge in [0.15, 0.2) is 5.78 Å². The number of Topliss-reactive ketones (excluding diaryl/α,β-unsaturated/α-hetero) is 1. The van der Waals surface area contributed by atoms with Crippen LogP contribution in [0.25, 0.3) is 0 Å². The van der Waals surface area contributed by atoms with Gasteiger partial charge in [-0.3, -0.25) is 4.79 Å². The minimum absolute atomic E-state index is 0.0949. The quantitative estimate of drug-likeness (QED) is 0.731. The van der Waals surface area contributed by atoms with Crippen molar-refractivity contribution in [2.75, 3.05) is 18.3 Å². The lowest BCUT2D eigenvalue weighted by atomic mass is 9.83. The molecule has 2 N–H and O–H groups in total. The number of hydrogen-bond donors (Lipinski definition) is 1.